The highest BCUT2D eigenvalue weighted by Crippen LogP contribution is 2.36. The van der Waals surface area contributed by atoms with Crippen molar-refractivity contribution in [3.63, 3.8) is 0 Å². The molecule has 0 atom stereocenters. The number of carbonyl (C=O) groups is 1. The molecular weight excluding hydrogens is 418 g/mol. The second kappa shape index (κ2) is 12.3. The second-order valence-electron chi connectivity index (χ2n) is 5.90. The van der Waals surface area contributed by atoms with Gasteiger partial charge in [-0.2, -0.15) is 10.5 Å². The van der Waals surface area contributed by atoms with Crippen molar-refractivity contribution in [2.45, 2.75) is 22.6 Å². The van der Waals surface area contributed by atoms with Crippen molar-refractivity contribution in [3.05, 3.63) is 52.9 Å². The third-order valence-corrected chi connectivity index (χ3v) is 5.87. The molecule has 0 aromatic heterocycles. The molecule has 0 unspecified atom stereocenters. The molecule has 1 amide bonds. The molecule has 3 N–H and O–H groups in total. The Morgan fingerprint density at radius 1 is 1.07 bits per heavy atom. The van der Waals surface area contributed by atoms with E-state index < -0.39 is 0 Å². The maximum Gasteiger partial charge on any atom is 0.248 e. The zero-order valence-electron chi connectivity index (χ0n) is 16.0. The monoisotopic (exact) mass is 437 g/mol. The Morgan fingerprint density at radius 2 is 1.70 bits per heavy atom. The summed E-state index contributed by atoms with van der Waals surface area (Å²) in [7, 11) is 0. The number of nitroso groups, excluding NO2 is 1. The summed E-state index contributed by atoms with van der Waals surface area (Å²) < 4.78 is 0. The van der Waals surface area contributed by atoms with Crippen molar-refractivity contribution in [1.82, 2.24) is 0 Å². The molecule has 152 valence electrons. The predicted molar refractivity (Wildman–Crippen MR) is 122 cm³/mol. The highest BCUT2D eigenvalue weighted by atomic mass is 32.2. The van der Waals surface area contributed by atoms with Crippen LogP contribution in [0.1, 0.15) is 18.4 Å². The van der Waals surface area contributed by atoms with Crippen LogP contribution >= 0.6 is 23.5 Å². The van der Waals surface area contributed by atoms with Gasteiger partial charge in [-0.1, -0.05) is 12.1 Å². The number of nitriles is 2. The minimum atomic E-state index is -0.326. The standard InChI is InChI=1S/C21H19N5O2S2/c22-9-1-11-29-19-14-18(20(13-17(19)24)30-12-2-10-23)25-21(27)8-5-15-3-6-16(26-28)7-4-15/h3-8,13-14H,1-2,11-12,24H2,(H,25,27)/b8-5+. The number of anilines is 2. The van der Waals surface area contributed by atoms with Gasteiger partial charge < -0.3 is 11.1 Å². The molecule has 0 heterocycles. The van der Waals surface area contributed by atoms with Crippen LogP contribution in [0.3, 0.4) is 0 Å². The van der Waals surface area contributed by atoms with Crippen LogP contribution in [0.5, 0.6) is 0 Å². The van der Waals surface area contributed by atoms with Crippen molar-refractivity contribution < 1.29 is 4.79 Å². The Hall–Kier alpha value is -3.27. The van der Waals surface area contributed by atoms with Gasteiger partial charge in [0.25, 0.3) is 0 Å². The van der Waals surface area contributed by atoms with E-state index in [-0.39, 0.29) is 5.91 Å². The number of benzene rings is 2. The zero-order valence-corrected chi connectivity index (χ0v) is 17.6. The van der Waals surface area contributed by atoms with Crippen molar-refractivity contribution in [2.24, 2.45) is 5.18 Å². The molecule has 30 heavy (non-hydrogen) atoms. The van der Waals surface area contributed by atoms with Gasteiger partial charge in [0.1, 0.15) is 5.69 Å². The first-order chi connectivity index (χ1) is 14.6. The van der Waals surface area contributed by atoms with E-state index in [1.807, 2.05) is 0 Å². The van der Waals surface area contributed by atoms with Gasteiger partial charge in [0.2, 0.25) is 5.91 Å². The summed E-state index contributed by atoms with van der Waals surface area (Å²) in [6.45, 7) is 0. The molecule has 2 aromatic carbocycles. The number of hydrogen-bond acceptors (Lipinski definition) is 8. The topological polar surface area (TPSA) is 132 Å². The average Bonchev–Trinajstić information content (AvgIpc) is 2.75. The van der Waals surface area contributed by atoms with E-state index >= 15 is 0 Å². The summed E-state index contributed by atoms with van der Waals surface area (Å²) in [5.74, 6) is 0.847. The first-order valence-corrected chi connectivity index (χ1v) is 10.9. The van der Waals surface area contributed by atoms with Crippen LogP contribution < -0.4 is 11.1 Å². The summed E-state index contributed by atoms with van der Waals surface area (Å²) in [6, 6.07) is 14.3. The minimum Gasteiger partial charge on any atom is -0.398 e. The Kier molecular flexibility index (Phi) is 9.46. The lowest BCUT2D eigenvalue weighted by Crippen LogP contribution is -2.09. The minimum absolute atomic E-state index is 0.318. The zero-order chi connectivity index (χ0) is 21.8. The van der Waals surface area contributed by atoms with Crippen molar-refractivity contribution in [1.29, 1.82) is 10.5 Å². The van der Waals surface area contributed by atoms with Gasteiger partial charge in [0.15, 0.2) is 0 Å². The van der Waals surface area contributed by atoms with Crippen LogP contribution in [0.2, 0.25) is 0 Å². The maximum atomic E-state index is 12.4. The molecule has 2 rings (SSSR count). The SMILES string of the molecule is N#CCCSc1cc(NC(=O)/C=C/c2ccc(N=O)cc2)c(SCCC#N)cc1N. The van der Waals surface area contributed by atoms with Gasteiger partial charge in [-0.3, -0.25) is 4.79 Å². The van der Waals surface area contributed by atoms with E-state index in [1.54, 1.807) is 42.5 Å². The molecule has 0 bridgehead atoms. The van der Waals surface area contributed by atoms with Crippen LogP contribution in [-0.2, 0) is 4.79 Å². The second-order valence-corrected chi connectivity index (χ2v) is 8.18. The lowest BCUT2D eigenvalue weighted by molar-refractivity contribution is -0.111. The molecule has 0 fully saturated rings. The van der Waals surface area contributed by atoms with E-state index in [0.29, 0.717) is 41.4 Å². The summed E-state index contributed by atoms with van der Waals surface area (Å²) in [6.07, 6.45) is 3.80. The molecule has 0 aliphatic carbocycles. The van der Waals surface area contributed by atoms with Crippen LogP contribution in [0.15, 0.2) is 57.4 Å². The number of nitrogens with one attached hydrogen (secondary N) is 1. The summed E-state index contributed by atoms with van der Waals surface area (Å²) in [4.78, 5) is 24.5. The smallest absolute Gasteiger partial charge is 0.248 e. The largest absolute Gasteiger partial charge is 0.398 e. The van der Waals surface area contributed by atoms with Gasteiger partial charge in [0, 0.05) is 45.9 Å². The normalized spacial score (nSPS) is 10.3. The Morgan fingerprint density at radius 3 is 2.30 bits per heavy atom. The van der Waals surface area contributed by atoms with Crippen molar-refractivity contribution >= 4 is 52.6 Å². The number of nitrogen functional groups attached to an aromatic ring is 1. The van der Waals surface area contributed by atoms with Gasteiger partial charge in [-0.25, -0.2) is 0 Å². The first kappa shape index (κ1) is 23.0. The van der Waals surface area contributed by atoms with E-state index in [4.69, 9.17) is 16.3 Å². The fourth-order valence-corrected chi connectivity index (χ4v) is 4.05. The summed E-state index contributed by atoms with van der Waals surface area (Å²) in [5, 5.41) is 23.2. The maximum absolute atomic E-state index is 12.4. The number of nitrogens with zero attached hydrogens (tertiary/aromatic N) is 3. The molecule has 9 heteroatoms. The number of hydrogen-bond donors (Lipinski definition) is 2. The summed E-state index contributed by atoms with van der Waals surface area (Å²) >= 11 is 2.89. The highest BCUT2D eigenvalue weighted by Gasteiger charge is 2.11. The van der Waals surface area contributed by atoms with Crippen LogP contribution in [0.4, 0.5) is 17.1 Å². The molecule has 0 aliphatic rings. The van der Waals surface area contributed by atoms with Crippen molar-refractivity contribution in [2.75, 3.05) is 22.6 Å². The number of rotatable bonds is 10. The fraction of sp³-hybridized carbons (Fsp3) is 0.190. The van der Waals surface area contributed by atoms with Gasteiger partial charge in [-0.15, -0.1) is 28.4 Å². The van der Waals surface area contributed by atoms with Crippen molar-refractivity contribution in [3.8, 4) is 12.1 Å². The third kappa shape index (κ3) is 7.28. The number of carbonyl (C=O) groups excluding carboxylic acids is 1. The van der Waals surface area contributed by atoms with Gasteiger partial charge >= 0.3 is 0 Å². The molecule has 7 nitrogen and oxygen atoms in total. The van der Waals surface area contributed by atoms with E-state index in [0.717, 1.165) is 15.4 Å². The molecule has 0 saturated carbocycles. The lowest BCUT2D eigenvalue weighted by Gasteiger charge is -2.14. The van der Waals surface area contributed by atoms with Crippen LogP contribution in [-0.4, -0.2) is 17.4 Å². The highest BCUT2D eigenvalue weighted by molar-refractivity contribution is 8.00. The van der Waals surface area contributed by atoms with Gasteiger partial charge in [-0.05, 0) is 41.1 Å². The van der Waals surface area contributed by atoms with Gasteiger partial charge in [0.05, 0.1) is 17.8 Å². The predicted octanol–water partition coefficient (Wildman–Crippen LogP) is 5.33. The molecule has 0 saturated heterocycles. The molecule has 0 aliphatic heterocycles. The van der Waals surface area contributed by atoms with Crippen LogP contribution in [0.25, 0.3) is 6.08 Å². The molecular formula is C21H19N5O2S2. The third-order valence-electron chi connectivity index (χ3n) is 3.74. The fourth-order valence-electron chi connectivity index (χ4n) is 2.32. The molecule has 0 spiro atoms. The Balaban J connectivity index is 2.17. The van der Waals surface area contributed by atoms with Crippen LogP contribution in [0, 0.1) is 27.6 Å². The summed E-state index contributed by atoms with van der Waals surface area (Å²) in [5.41, 5.74) is 8.36. The quantitative estimate of drug-likeness (QED) is 0.169. The van der Waals surface area contributed by atoms with E-state index in [2.05, 4.69) is 22.6 Å². The average molecular weight is 438 g/mol. The molecule has 0 radical (unpaired) electrons. The number of amides is 1. The Labute approximate surface area is 183 Å². The first-order valence-electron chi connectivity index (χ1n) is 8.93. The van der Waals surface area contributed by atoms with E-state index in [1.165, 1.54) is 29.6 Å². The lowest BCUT2D eigenvalue weighted by atomic mass is 10.2. The number of nitrogens with two attached hydrogens (primary N) is 1. The van der Waals surface area contributed by atoms with E-state index in [9.17, 15) is 9.70 Å². The number of thioether (sulfide) groups is 2. The molecule has 2 aromatic rings. The Bertz CT molecular complexity index is 1010.